The topological polar surface area (TPSA) is 30.7 Å². The highest BCUT2D eigenvalue weighted by atomic mass is 15.2. The molecule has 0 saturated carbocycles. The largest absolute Gasteiger partial charge is 0.278 e. The van der Waals surface area contributed by atoms with Crippen molar-refractivity contribution in [2.45, 2.75) is 19.3 Å². The molecule has 0 aliphatic heterocycles. The first-order valence-electron chi connectivity index (χ1n) is 18.0. The average Bonchev–Trinajstić information content (AvgIpc) is 3.53. The van der Waals surface area contributed by atoms with Crippen molar-refractivity contribution in [1.29, 1.82) is 0 Å². The summed E-state index contributed by atoms with van der Waals surface area (Å²) in [5.41, 5.74) is 12.7. The summed E-state index contributed by atoms with van der Waals surface area (Å²) in [6.45, 7) is 4.62. The van der Waals surface area contributed by atoms with Crippen LogP contribution in [-0.4, -0.2) is 14.5 Å². The Morgan fingerprint density at radius 1 is 0.442 bits per heavy atom. The molecule has 3 nitrogen and oxygen atoms in total. The molecule has 1 aliphatic carbocycles. The summed E-state index contributed by atoms with van der Waals surface area (Å²) >= 11 is 0. The van der Waals surface area contributed by atoms with Crippen LogP contribution in [0.4, 0.5) is 0 Å². The lowest BCUT2D eigenvalue weighted by molar-refractivity contribution is 0.643. The van der Waals surface area contributed by atoms with Crippen LogP contribution in [0.25, 0.3) is 93.7 Å². The zero-order valence-electron chi connectivity index (χ0n) is 28.9. The lowest BCUT2D eigenvalue weighted by Crippen LogP contribution is -2.24. The van der Waals surface area contributed by atoms with Crippen molar-refractivity contribution in [2.75, 3.05) is 0 Å². The fourth-order valence-electron chi connectivity index (χ4n) is 9.07. The van der Waals surface area contributed by atoms with Gasteiger partial charge >= 0.3 is 0 Å². The van der Waals surface area contributed by atoms with Gasteiger partial charge in [0, 0.05) is 27.1 Å². The highest BCUT2D eigenvalue weighted by Gasteiger charge is 2.34. The van der Waals surface area contributed by atoms with Crippen LogP contribution in [0.3, 0.4) is 0 Å². The Balaban J connectivity index is 1.19. The van der Waals surface area contributed by atoms with Gasteiger partial charge in [-0.1, -0.05) is 153 Å². The molecule has 0 unspecified atom stereocenters. The van der Waals surface area contributed by atoms with Crippen LogP contribution in [0.2, 0.25) is 0 Å². The molecule has 52 heavy (non-hydrogen) atoms. The fraction of sp³-hybridized carbons (Fsp3) is 0.0612. The predicted molar refractivity (Wildman–Crippen MR) is 217 cm³/mol. The van der Waals surface area contributed by atoms with Crippen LogP contribution in [0.5, 0.6) is 0 Å². The van der Waals surface area contributed by atoms with Crippen molar-refractivity contribution >= 4 is 54.3 Å². The lowest BCUT2D eigenvalue weighted by atomic mass is 9.70. The minimum Gasteiger partial charge on any atom is -0.278 e. The molecule has 0 atom stereocenters. The van der Waals surface area contributed by atoms with E-state index in [0.29, 0.717) is 5.95 Å². The first-order chi connectivity index (χ1) is 25.6. The summed E-state index contributed by atoms with van der Waals surface area (Å²) in [6.07, 6.45) is 0. The molecule has 2 heterocycles. The molecule has 11 rings (SSSR count). The van der Waals surface area contributed by atoms with Gasteiger partial charge in [0.05, 0.1) is 22.2 Å². The summed E-state index contributed by atoms with van der Waals surface area (Å²) in [5, 5.41) is 8.52. The second kappa shape index (κ2) is 10.7. The Labute approximate surface area is 301 Å². The van der Waals surface area contributed by atoms with Gasteiger partial charge in [-0.25, -0.2) is 9.97 Å². The number of fused-ring (bicyclic) bond motifs is 7. The Morgan fingerprint density at radius 3 is 1.75 bits per heavy atom. The van der Waals surface area contributed by atoms with Crippen LogP contribution in [0, 0.1) is 0 Å². The Kier molecular flexibility index (Phi) is 6.01. The fourth-order valence-corrected chi connectivity index (χ4v) is 9.07. The van der Waals surface area contributed by atoms with E-state index in [1.54, 1.807) is 0 Å². The van der Waals surface area contributed by atoms with Gasteiger partial charge in [-0.15, -0.1) is 0 Å². The van der Waals surface area contributed by atoms with E-state index in [4.69, 9.17) is 9.97 Å². The SMILES string of the molecule is CC1(C)c2ccccc2-c2nc(-n3c4ccccc4c4cc(-c5c6ccccc6c(-c6ccccc6)c6ccccc56)ccc43)nc3cccc1c23. The smallest absolute Gasteiger partial charge is 0.235 e. The van der Waals surface area contributed by atoms with Crippen LogP contribution >= 0.6 is 0 Å². The van der Waals surface area contributed by atoms with E-state index in [1.165, 1.54) is 71.3 Å². The number of hydrogen-bond donors (Lipinski definition) is 0. The summed E-state index contributed by atoms with van der Waals surface area (Å²) in [7, 11) is 0. The first kappa shape index (κ1) is 29.2. The maximum absolute atomic E-state index is 5.43. The third-order valence-corrected chi connectivity index (χ3v) is 11.4. The van der Waals surface area contributed by atoms with Gasteiger partial charge in [-0.05, 0) is 79.2 Å². The number of nitrogens with zero attached hydrogens (tertiary/aromatic N) is 3. The van der Waals surface area contributed by atoms with E-state index in [2.05, 4.69) is 182 Å². The first-order valence-corrected chi connectivity index (χ1v) is 18.0. The monoisotopic (exact) mass is 663 g/mol. The van der Waals surface area contributed by atoms with Gasteiger partial charge in [0.15, 0.2) is 0 Å². The highest BCUT2D eigenvalue weighted by Crippen LogP contribution is 2.48. The van der Waals surface area contributed by atoms with Crippen LogP contribution < -0.4 is 0 Å². The third-order valence-electron chi connectivity index (χ3n) is 11.4. The van der Waals surface area contributed by atoms with Crippen molar-refractivity contribution in [3.63, 3.8) is 0 Å². The number of rotatable bonds is 3. The third kappa shape index (κ3) is 3.96. The predicted octanol–water partition coefficient (Wildman–Crippen LogP) is 12.7. The van der Waals surface area contributed by atoms with Crippen molar-refractivity contribution in [1.82, 2.24) is 14.5 Å². The quantitative estimate of drug-likeness (QED) is 0.176. The molecular formula is C49H33N3. The van der Waals surface area contributed by atoms with Gasteiger partial charge in [-0.2, -0.15) is 0 Å². The molecule has 0 N–H and O–H groups in total. The average molecular weight is 664 g/mol. The summed E-state index contributed by atoms with van der Waals surface area (Å²) in [6, 6.07) is 59.4. The van der Waals surface area contributed by atoms with Crippen molar-refractivity contribution in [3.8, 4) is 39.5 Å². The van der Waals surface area contributed by atoms with Gasteiger partial charge in [0.1, 0.15) is 0 Å². The van der Waals surface area contributed by atoms with Gasteiger partial charge in [0.25, 0.3) is 0 Å². The minimum absolute atomic E-state index is 0.148. The number of aromatic nitrogens is 3. The molecule has 0 radical (unpaired) electrons. The number of benzene rings is 8. The van der Waals surface area contributed by atoms with Gasteiger partial charge in [0.2, 0.25) is 5.95 Å². The molecule has 10 aromatic rings. The molecule has 0 bridgehead atoms. The van der Waals surface area contributed by atoms with E-state index in [9.17, 15) is 0 Å². The summed E-state index contributed by atoms with van der Waals surface area (Å²) < 4.78 is 2.26. The summed E-state index contributed by atoms with van der Waals surface area (Å²) in [4.78, 5) is 10.7. The molecule has 1 aliphatic rings. The van der Waals surface area contributed by atoms with E-state index < -0.39 is 0 Å². The molecule has 8 aromatic carbocycles. The van der Waals surface area contributed by atoms with E-state index in [0.717, 1.165) is 27.6 Å². The molecule has 244 valence electrons. The molecule has 2 aromatic heterocycles. The Hall–Kier alpha value is -6.58. The molecule has 0 saturated heterocycles. The van der Waals surface area contributed by atoms with Crippen molar-refractivity contribution in [3.05, 3.63) is 175 Å². The molecular weight excluding hydrogens is 631 g/mol. The van der Waals surface area contributed by atoms with E-state index >= 15 is 0 Å². The second-order valence-corrected chi connectivity index (χ2v) is 14.5. The molecule has 0 fully saturated rings. The molecule has 0 spiro atoms. The van der Waals surface area contributed by atoms with Crippen molar-refractivity contribution < 1.29 is 0 Å². The number of hydrogen-bond acceptors (Lipinski definition) is 2. The van der Waals surface area contributed by atoms with Crippen LogP contribution in [-0.2, 0) is 5.41 Å². The molecule has 3 heteroatoms. The standard InChI is InChI=1S/C49H33N3/c1-49(2)39-23-12-10-22-37(39)47-46-40(49)24-14-25-41(46)50-48(51-47)52-42-26-13-11-17-32(42)38-29-31(27-28-43(38)52)45-35-20-8-6-18-33(35)44(30-15-4-3-5-16-30)34-19-7-9-21-36(34)45/h3-29H,1-2H3. The summed E-state index contributed by atoms with van der Waals surface area (Å²) in [5.74, 6) is 0.691. The van der Waals surface area contributed by atoms with E-state index in [1.807, 2.05) is 0 Å². The minimum atomic E-state index is -0.148. The maximum Gasteiger partial charge on any atom is 0.235 e. The Bertz CT molecular complexity index is 3040. The van der Waals surface area contributed by atoms with Crippen LogP contribution in [0.1, 0.15) is 25.0 Å². The maximum atomic E-state index is 5.43. The highest BCUT2D eigenvalue weighted by molar-refractivity contribution is 6.22. The van der Waals surface area contributed by atoms with E-state index in [-0.39, 0.29) is 5.41 Å². The zero-order chi connectivity index (χ0) is 34.6. The van der Waals surface area contributed by atoms with Gasteiger partial charge in [-0.3, -0.25) is 4.57 Å². The number of para-hydroxylation sites is 1. The van der Waals surface area contributed by atoms with Crippen molar-refractivity contribution in [2.24, 2.45) is 0 Å². The molecule has 0 amide bonds. The second-order valence-electron chi connectivity index (χ2n) is 14.5. The Morgan fingerprint density at radius 2 is 1.02 bits per heavy atom. The normalized spacial score (nSPS) is 13.3. The van der Waals surface area contributed by atoms with Gasteiger partial charge < -0.3 is 0 Å². The lowest BCUT2D eigenvalue weighted by Gasteiger charge is -2.34. The van der Waals surface area contributed by atoms with Crippen LogP contribution in [0.15, 0.2) is 164 Å². The zero-order valence-corrected chi connectivity index (χ0v) is 28.9.